The Morgan fingerprint density at radius 1 is 1.25 bits per heavy atom. The molecule has 0 radical (unpaired) electrons. The standard InChI is InChI=1S/C20H19N5O3/c1-27-14-6-4-13(5-7-14)18-22-20-21-11-16-17(25(20)23-18)8-9-24(19(16)26)12-15-3-2-10-28-15/h4-9,11,15H,2-3,10,12H2,1H3/t15-/m0/s1. The largest absolute Gasteiger partial charge is 0.497 e. The molecule has 1 saturated heterocycles. The van der Waals surface area contributed by atoms with Gasteiger partial charge in [-0.25, -0.2) is 4.98 Å². The summed E-state index contributed by atoms with van der Waals surface area (Å²) < 4.78 is 14.1. The molecule has 4 aromatic rings. The van der Waals surface area contributed by atoms with E-state index in [1.807, 2.05) is 30.3 Å². The number of hydrogen-bond acceptors (Lipinski definition) is 6. The van der Waals surface area contributed by atoms with Crippen LogP contribution in [0.2, 0.25) is 0 Å². The molecule has 1 fully saturated rings. The molecule has 3 aromatic heterocycles. The van der Waals surface area contributed by atoms with Crippen LogP contribution in [0.5, 0.6) is 5.75 Å². The average molecular weight is 377 g/mol. The van der Waals surface area contributed by atoms with Crippen molar-refractivity contribution in [1.29, 1.82) is 0 Å². The molecule has 0 spiro atoms. The third kappa shape index (κ3) is 2.82. The van der Waals surface area contributed by atoms with Crippen molar-refractivity contribution in [1.82, 2.24) is 24.1 Å². The van der Waals surface area contributed by atoms with Crippen molar-refractivity contribution in [2.75, 3.05) is 13.7 Å². The predicted octanol–water partition coefficient (Wildman–Crippen LogP) is 2.29. The molecule has 8 nitrogen and oxygen atoms in total. The molecule has 0 aliphatic carbocycles. The first-order valence-electron chi connectivity index (χ1n) is 9.24. The Balaban J connectivity index is 1.58. The lowest BCUT2D eigenvalue weighted by Crippen LogP contribution is -2.26. The topological polar surface area (TPSA) is 83.5 Å². The number of benzene rings is 1. The number of pyridine rings is 1. The summed E-state index contributed by atoms with van der Waals surface area (Å²) >= 11 is 0. The summed E-state index contributed by atoms with van der Waals surface area (Å²) in [4.78, 5) is 21.7. The van der Waals surface area contributed by atoms with Gasteiger partial charge in [0.05, 0.1) is 30.7 Å². The lowest BCUT2D eigenvalue weighted by atomic mass is 10.2. The lowest BCUT2D eigenvalue weighted by molar-refractivity contribution is 0.0963. The summed E-state index contributed by atoms with van der Waals surface area (Å²) in [6.45, 7) is 1.32. The van der Waals surface area contributed by atoms with Crippen molar-refractivity contribution in [3.8, 4) is 17.1 Å². The van der Waals surface area contributed by atoms with E-state index < -0.39 is 0 Å². The first-order chi connectivity index (χ1) is 13.7. The number of nitrogens with zero attached hydrogens (tertiary/aromatic N) is 5. The van der Waals surface area contributed by atoms with Gasteiger partial charge in [-0.15, -0.1) is 5.10 Å². The van der Waals surface area contributed by atoms with E-state index in [9.17, 15) is 4.79 Å². The molecular weight excluding hydrogens is 358 g/mol. The molecule has 1 aliphatic heterocycles. The Kier molecular flexibility index (Phi) is 4.05. The van der Waals surface area contributed by atoms with Crippen LogP contribution in [0.4, 0.5) is 0 Å². The number of methoxy groups -OCH3 is 1. The van der Waals surface area contributed by atoms with E-state index in [1.54, 1.807) is 28.6 Å². The van der Waals surface area contributed by atoms with Gasteiger partial charge >= 0.3 is 0 Å². The van der Waals surface area contributed by atoms with Crippen LogP contribution in [-0.2, 0) is 11.3 Å². The van der Waals surface area contributed by atoms with Gasteiger partial charge in [-0.05, 0) is 43.2 Å². The first kappa shape index (κ1) is 16.9. The summed E-state index contributed by atoms with van der Waals surface area (Å²) in [6, 6.07) is 9.38. The van der Waals surface area contributed by atoms with Crippen molar-refractivity contribution >= 4 is 16.7 Å². The van der Waals surface area contributed by atoms with Gasteiger partial charge in [-0.1, -0.05) is 0 Å². The SMILES string of the molecule is COc1ccc(-c2nc3ncc4c(=O)n(C[C@@H]5CCCO5)ccc4n3n2)cc1. The summed E-state index contributed by atoms with van der Waals surface area (Å²) in [5.41, 5.74) is 1.45. The minimum absolute atomic E-state index is 0.0936. The van der Waals surface area contributed by atoms with Crippen LogP contribution in [0.15, 0.2) is 47.5 Å². The molecule has 1 atom stereocenters. The molecule has 1 aliphatic rings. The van der Waals surface area contributed by atoms with Gasteiger partial charge in [0.25, 0.3) is 11.3 Å². The Morgan fingerprint density at radius 2 is 2.11 bits per heavy atom. The fourth-order valence-electron chi connectivity index (χ4n) is 3.57. The van der Waals surface area contributed by atoms with Gasteiger partial charge in [0.15, 0.2) is 5.82 Å². The minimum Gasteiger partial charge on any atom is -0.497 e. The molecule has 28 heavy (non-hydrogen) atoms. The molecule has 0 saturated carbocycles. The van der Waals surface area contributed by atoms with Crippen LogP contribution in [0.1, 0.15) is 12.8 Å². The normalized spacial score (nSPS) is 16.8. The summed E-state index contributed by atoms with van der Waals surface area (Å²) in [5, 5.41) is 5.08. The number of rotatable bonds is 4. The molecule has 5 rings (SSSR count). The van der Waals surface area contributed by atoms with E-state index >= 15 is 0 Å². The van der Waals surface area contributed by atoms with Gasteiger partial charge in [0.1, 0.15) is 5.75 Å². The van der Waals surface area contributed by atoms with Crippen molar-refractivity contribution in [3.05, 3.63) is 53.1 Å². The molecule has 0 bridgehead atoms. The van der Waals surface area contributed by atoms with Crippen LogP contribution < -0.4 is 10.3 Å². The second-order valence-electron chi connectivity index (χ2n) is 6.84. The fourth-order valence-corrected chi connectivity index (χ4v) is 3.57. The zero-order chi connectivity index (χ0) is 19.1. The Hall–Kier alpha value is -3.26. The average Bonchev–Trinajstić information content (AvgIpc) is 3.39. The maximum atomic E-state index is 12.9. The third-order valence-corrected chi connectivity index (χ3v) is 5.08. The lowest BCUT2D eigenvalue weighted by Gasteiger charge is -2.12. The van der Waals surface area contributed by atoms with E-state index in [-0.39, 0.29) is 11.7 Å². The van der Waals surface area contributed by atoms with Gasteiger partial charge in [0, 0.05) is 24.6 Å². The number of aromatic nitrogens is 5. The second kappa shape index (κ2) is 6.72. The highest BCUT2D eigenvalue weighted by atomic mass is 16.5. The number of ether oxygens (including phenoxy) is 2. The zero-order valence-electron chi connectivity index (χ0n) is 15.4. The van der Waals surface area contributed by atoms with E-state index in [0.717, 1.165) is 30.8 Å². The number of hydrogen-bond donors (Lipinski definition) is 0. The van der Waals surface area contributed by atoms with Crippen LogP contribution in [-0.4, -0.2) is 44.0 Å². The maximum absolute atomic E-state index is 12.9. The summed E-state index contributed by atoms with van der Waals surface area (Å²) in [5.74, 6) is 1.77. The van der Waals surface area contributed by atoms with Gasteiger partial charge < -0.3 is 14.0 Å². The van der Waals surface area contributed by atoms with Crippen molar-refractivity contribution < 1.29 is 9.47 Å². The fraction of sp³-hybridized carbons (Fsp3) is 0.300. The van der Waals surface area contributed by atoms with Crippen molar-refractivity contribution in [2.24, 2.45) is 0 Å². The van der Waals surface area contributed by atoms with Crippen LogP contribution in [0.25, 0.3) is 28.1 Å². The predicted molar refractivity (Wildman–Crippen MR) is 104 cm³/mol. The molecule has 1 aromatic carbocycles. The highest BCUT2D eigenvalue weighted by Gasteiger charge is 2.18. The zero-order valence-corrected chi connectivity index (χ0v) is 15.4. The van der Waals surface area contributed by atoms with Crippen molar-refractivity contribution in [3.63, 3.8) is 0 Å². The van der Waals surface area contributed by atoms with Gasteiger partial charge in [-0.2, -0.15) is 9.50 Å². The molecule has 4 heterocycles. The Labute approximate surface area is 160 Å². The van der Waals surface area contributed by atoms with Crippen LogP contribution in [0.3, 0.4) is 0 Å². The highest BCUT2D eigenvalue weighted by Crippen LogP contribution is 2.21. The monoisotopic (exact) mass is 377 g/mol. The smallest absolute Gasteiger partial charge is 0.261 e. The van der Waals surface area contributed by atoms with Crippen molar-refractivity contribution in [2.45, 2.75) is 25.5 Å². The molecular formula is C20H19N5O3. The Morgan fingerprint density at radius 3 is 2.86 bits per heavy atom. The maximum Gasteiger partial charge on any atom is 0.261 e. The van der Waals surface area contributed by atoms with Gasteiger partial charge in [0.2, 0.25) is 0 Å². The molecule has 0 N–H and O–H groups in total. The van der Waals surface area contributed by atoms with E-state index in [1.165, 1.54) is 0 Å². The second-order valence-corrected chi connectivity index (χ2v) is 6.84. The van der Waals surface area contributed by atoms with E-state index in [0.29, 0.717) is 29.0 Å². The number of fused-ring (bicyclic) bond motifs is 3. The molecule has 0 amide bonds. The highest BCUT2D eigenvalue weighted by molar-refractivity contribution is 5.79. The van der Waals surface area contributed by atoms with Crippen LogP contribution >= 0.6 is 0 Å². The van der Waals surface area contributed by atoms with Gasteiger partial charge in [-0.3, -0.25) is 4.79 Å². The minimum atomic E-state index is -0.0936. The van der Waals surface area contributed by atoms with Crippen LogP contribution in [0, 0.1) is 0 Å². The van der Waals surface area contributed by atoms with E-state index in [4.69, 9.17) is 9.47 Å². The first-order valence-corrected chi connectivity index (χ1v) is 9.24. The van der Waals surface area contributed by atoms with E-state index in [2.05, 4.69) is 15.1 Å². The molecule has 8 heteroatoms. The summed E-state index contributed by atoms with van der Waals surface area (Å²) in [6.07, 6.45) is 5.49. The molecule has 0 unspecified atom stereocenters. The quantitative estimate of drug-likeness (QED) is 0.543. The summed E-state index contributed by atoms with van der Waals surface area (Å²) in [7, 11) is 1.62. The molecule has 142 valence electrons. The third-order valence-electron chi connectivity index (χ3n) is 5.08. The Bertz CT molecular complexity index is 1210.